The molecule has 0 aliphatic carbocycles. The molecule has 33 heavy (non-hydrogen) atoms. The van der Waals surface area contributed by atoms with Gasteiger partial charge in [0.05, 0.1) is 24.7 Å². The topological polar surface area (TPSA) is 71.5 Å². The molecule has 0 spiro atoms. The number of thioether (sulfide) groups is 1. The summed E-state index contributed by atoms with van der Waals surface area (Å²) in [5.41, 5.74) is 3.29. The number of rotatable bonds is 10. The highest BCUT2D eigenvalue weighted by atomic mass is 32.2. The van der Waals surface area contributed by atoms with Crippen molar-refractivity contribution >= 4 is 17.7 Å². The first-order valence-corrected chi connectivity index (χ1v) is 11.6. The Morgan fingerprint density at radius 2 is 1.73 bits per heavy atom. The van der Waals surface area contributed by atoms with Crippen LogP contribution in [-0.4, -0.2) is 30.5 Å². The second kappa shape index (κ2) is 10.1. The van der Waals surface area contributed by atoms with Gasteiger partial charge in [0.2, 0.25) is 0 Å². The molecule has 0 unspecified atom stereocenters. The summed E-state index contributed by atoms with van der Waals surface area (Å²) in [5, 5.41) is 13.9. The van der Waals surface area contributed by atoms with Crippen molar-refractivity contribution < 1.29 is 14.3 Å². The summed E-state index contributed by atoms with van der Waals surface area (Å²) < 4.78 is 6.61. The van der Waals surface area contributed by atoms with Crippen molar-refractivity contribution in [2.24, 2.45) is 0 Å². The number of hydrogen-bond acceptors (Lipinski definition) is 5. The molecule has 4 rings (SSSR count). The standard InChI is InChI=1S/C26H27N3O3S/c1-26(2,25(30)31)33-24-12-10-20(11-13-24)16-28(19-23-9-6-14-32-23)17-21-15-27-29(18-21)22-7-4-3-5-8-22/h3-15,18H,16-17,19H2,1-2H3,(H,30,31). The Bertz CT molecular complexity index is 1170. The Hall–Kier alpha value is -3.29. The van der Waals surface area contributed by atoms with Crippen LogP contribution in [0.1, 0.15) is 30.7 Å². The minimum absolute atomic E-state index is 0.673. The molecule has 0 atom stereocenters. The maximum Gasteiger partial charge on any atom is 0.319 e. The molecule has 2 heterocycles. The van der Waals surface area contributed by atoms with Crippen LogP contribution in [0.15, 0.2) is 94.7 Å². The molecule has 2 aromatic carbocycles. The molecular formula is C26H27N3O3S. The summed E-state index contributed by atoms with van der Waals surface area (Å²) >= 11 is 1.35. The second-order valence-corrected chi connectivity index (χ2v) is 10.1. The lowest BCUT2D eigenvalue weighted by atomic mass is 10.2. The summed E-state index contributed by atoms with van der Waals surface area (Å²) in [6.07, 6.45) is 5.64. The van der Waals surface area contributed by atoms with Crippen LogP contribution in [0.2, 0.25) is 0 Å². The van der Waals surface area contributed by atoms with Gasteiger partial charge in [0.25, 0.3) is 0 Å². The van der Waals surface area contributed by atoms with Crippen LogP contribution in [-0.2, 0) is 24.4 Å². The molecule has 0 saturated carbocycles. The van der Waals surface area contributed by atoms with E-state index in [1.165, 1.54) is 11.8 Å². The van der Waals surface area contributed by atoms with E-state index in [2.05, 4.69) is 28.3 Å². The van der Waals surface area contributed by atoms with Crippen molar-refractivity contribution in [3.8, 4) is 5.69 Å². The fourth-order valence-electron chi connectivity index (χ4n) is 3.47. The van der Waals surface area contributed by atoms with Crippen molar-refractivity contribution in [1.29, 1.82) is 0 Å². The Morgan fingerprint density at radius 3 is 2.39 bits per heavy atom. The molecule has 7 heteroatoms. The summed E-state index contributed by atoms with van der Waals surface area (Å²) in [5.74, 6) is 0.0816. The first-order chi connectivity index (χ1) is 15.9. The van der Waals surface area contributed by atoms with Crippen molar-refractivity contribution in [2.45, 2.75) is 43.1 Å². The molecule has 4 aromatic rings. The zero-order valence-corrected chi connectivity index (χ0v) is 19.5. The minimum Gasteiger partial charge on any atom is -0.480 e. The molecule has 0 bridgehead atoms. The molecule has 1 N–H and O–H groups in total. The molecule has 2 aromatic heterocycles. The van der Waals surface area contributed by atoms with E-state index in [4.69, 9.17) is 4.42 Å². The first-order valence-electron chi connectivity index (χ1n) is 10.7. The summed E-state index contributed by atoms with van der Waals surface area (Å²) in [6, 6.07) is 22.0. The van der Waals surface area contributed by atoms with E-state index >= 15 is 0 Å². The lowest BCUT2D eigenvalue weighted by molar-refractivity contribution is -0.138. The Kier molecular flexibility index (Phi) is 7.01. The molecule has 0 aliphatic rings. The summed E-state index contributed by atoms with van der Waals surface area (Å²) in [7, 11) is 0. The SMILES string of the molecule is CC(C)(Sc1ccc(CN(Cc2cnn(-c3ccccc3)c2)Cc2ccco2)cc1)C(=O)O. The van der Waals surface area contributed by atoms with E-state index in [1.807, 2.05) is 65.5 Å². The molecule has 0 fully saturated rings. The van der Waals surface area contributed by atoms with Crippen molar-refractivity contribution in [3.63, 3.8) is 0 Å². The fourth-order valence-corrected chi connectivity index (χ4v) is 4.42. The predicted octanol–water partition coefficient (Wildman–Crippen LogP) is 5.62. The molecule has 0 aliphatic heterocycles. The highest BCUT2D eigenvalue weighted by Gasteiger charge is 2.28. The molecule has 0 saturated heterocycles. The van der Waals surface area contributed by atoms with Gasteiger partial charge in [-0.25, -0.2) is 4.68 Å². The van der Waals surface area contributed by atoms with Gasteiger partial charge >= 0.3 is 5.97 Å². The highest BCUT2D eigenvalue weighted by Crippen LogP contribution is 2.32. The average Bonchev–Trinajstić information content (AvgIpc) is 3.48. The van der Waals surface area contributed by atoms with E-state index < -0.39 is 10.7 Å². The molecule has 0 amide bonds. The number of hydrogen-bond donors (Lipinski definition) is 1. The number of para-hydroxylation sites is 1. The number of carboxylic acid groups (broad SMARTS) is 1. The maximum atomic E-state index is 11.4. The van der Waals surface area contributed by atoms with Crippen molar-refractivity contribution in [3.05, 3.63) is 102 Å². The third-order valence-electron chi connectivity index (χ3n) is 5.24. The number of aromatic nitrogens is 2. The van der Waals surface area contributed by atoms with Crippen LogP contribution in [0.3, 0.4) is 0 Å². The van der Waals surface area contributed by atoms with Gasteiger partial charge < -0.3 is 9.52 Å². The fraction of sp³-hybridized carbons (Fsp3) is 0.231. The van der Waals surface area contributed by atoms with Gasteiger partial charge in [-0.3, -0.25) is 9.69 Å². The van der Waals surface area contributed by atoms with Crippen LogP contribution in [0.4, 0.5) is 0 Å². The monoisotopic (exact) mass is 461 g/mol. The highest BCUT2D eigenvalue weighted by molar-refractivity contribution is 8.01. The third kappa shape index (κ3) is 6.15. The second-order valence-electron chi connectivity index (χ2n) is 8.41. The molecule has 0 radical (unpaired) electrons. The Balaban J connectivity index is 1.47. The summed E-state index contributed by atoms with van der Waals surface area (Å²) in [6.45, 7) is 5.55. The number of aliphatic carboxylic acids is 1. The van der Waals surface area contributed by atoms with E-state index in [1.54, 1.807) is 20.1 Å². The normalized spacial score (nSPS) is 11.7. The van der Waals surface area contributed by atoms with Gasteiger partial charge in [0.1, 0.15) is 10.5 Å². The van der Waals surface area contributed by atoms with E-state index in [0.717, 1.165) is 40.6 Å². The van der Waals surface area contributed by atoms with Crippen LogP contribution in [0, 0.1) is 0 Å². The van der Waals surface area contributed by atoms with Crippen LogP contribution in [0.25, 0.3) is 5.69 Å². The molecule has 6 nitrogen and oxygen atoms in total. The van der Waals surface area contributed by atoms with Gasteiger partial charge in [-0.1, -0.05) is 30.3 Å². The third-order valence-corrected chi connectivity index (χ3v) is 6.43. The Morgan fingerprint density at radius 1 is 1.00 bits per heavy atom. The quantitative estimate of drug-likeness (QED) is 0.309. The number of carboxylic acids is 1. The van der Waals surface area contributed by atoms with Crippen LogP contribution >= 0.6 is 11.8 Å². The largest absolute Gasteiger partial charge is 0.480 e. The maximum absolute atomic E-state index is 11.4. The van der Waals surface area contributed by atoms with E-state index in [9.17, 15) is 9.90 Å². The summed E-state index contributed by atoms with van der Waals surface area (Å²) in [4.78, 5) is 14.6. The molecule has 170 valence electrons. The number of nitrogens with zero attached hydrogens (tertiary/aromatic N) is 3. The lowest BCUT2D eigenvalue weighted by Gasteiger charge is -2.21. The van der Waals surface area contributed by atoms with Gasteiger partial charge in [0, 0.05) is 29.7 Å². The van der Waals surface area contributed by atoms with E-state index in [-0.39, 0.29) is 0 Å². The lowest BCUT2D eigenvalue weighted by Crippen LogP contribution is -2.26. The predicted molar refractivity (Wildman–Crippen MR) is 129 cm³/mol. The Labute approximate surface area is 197 Å². The first kappa shape index (κ1) is 22.9. The van der Waals surface area contributed by atoms with E-state index in [0.29, 0.717) is 6.54 Å². The minimum atomic E-state index is -0.869. The van der Waals surface area contributed by atoms with Crippen LogP contribution < -0.4 is 0 Å². The zero-order valence-electron chi connectivity index (χ0n) is 18.7. The number of carbonyl (C=O) groups is 1. The van der Waals surface area contributed by atoms with Crippen molar-refractivity contribution in [1.82, 2.24) is 14.7 Å². The zero-order chi connectivity index (χ0) is 23.3. The smallest absolute Gasteiger partial charge is 0.319 e. The van der Waals surface area contributed by atoms with Crippen molar-refractivity contribution in [2.75, 3.05) is 0 Å². The van der Waals surface area contributed by atoms with Gasteiger partial charge in [-0.15, -0.1) is 11.8 Å². The molecular weight excluding hydrogens is 434 g/mol. The number of furan rings is 1. The van der Waals surface area contributed by atoms with Crippen LogP contribution in [0.5, 0.6) is 0 Å². The van der Waals surface area contributed by atoms with Gasteiger partial charge in [-0.05, 0) is 55.8 Å². The average molecular weight is 462 g/mol. The van der Waals surface area contributed by atoms with Gasteiger partial charge in [0.15, 0.2) is 0 Å². The number of benzene rings is 2. The van der Waals surface area contributed by atoms with Gasteiger partial charge in [-0.2, -0.15) is 5.10 Å².